The number of aryl methyl sites for hydroxylation is 1. The van der Waals surface area contributed by atoms with Gasteiger partial charge in [0.15, 0.2) is 0 Å². The van der Waals surface area contributed by atoms with Crippen molar-refractivity contribution in [1.82, 2.24) is 0 Å². The number of hydrogen-bond acceptors (Lipinski definition) is 0. The summed E-state index contributed by atoms with van der Waals surface area (Å²) in [5.41, 5.74) is 2.65. The molecule has 1 aromatic heterocycles. The maximum absolute atomic E-state index is 2.42. The number of nitrogens with zero attached hydrogens (tertiary/aromatic N) is 1. The molecule has 2 heteroatoms. The van der Waals surface area contributed by atoms with Crippen LogP contribution in [0.3, 0.4) is 0 Å². The average Bonchev–Trinajstić information content (AvgIpc) is 2.39. The second kappa shape index (κ2) is 5.49. The first kappa shape index (κ1) is 13.0. The van der Waals surface area contributed by atoms with E-state index in [1.165, 1.54) is 21.8 Å². The second-order valence-electron chi connectivity index (χ2n) is 4.41. The Labute approximate surface area is 118 Å². The maximum Gasteiger partial charge on any atom is 0.212 e. The molecule has 2 aromatic carbocycles. The van der Waals surface area contributed by atoms with Crippen molar-refractivity contribution in [2.45, 2.75) is 19.9 Å². The van der Waals surface area contributed by atoms with Crippen molar-refractivity contribution in [2.24, 2.45) is 0 Å². The summed E-state index contributed by atoms with van der Waals surface area (Å²) in [5, 5.41) is 2.64. The van der Waals surface area contributed by atoms with Crippen LogP contribution < -0.4 is 21.5 Å². The monoisotopic (exact) mass is 301 g/mol. The molecule has 0 saturated heterocycles. The Balaban J connectivity index is 0.00000120. The summed E-state index contributed by atoms with van der Waals surface area (Å²) in [6.45, 7) is 3.30. The Kier molecular flexibility index (Phi) is 3.97. The fraction of sp³-hybridized carbons (Fsp3) is 0.188. The Morgan fingerprint density at radius 2 is 1.33 bits per heavy atom. The number of benzene rings is 2. The number of pyridine rings is 1. The van der Waals surface area contributed by atoms with Gasteiger partial charge in [0.1, 0.15) is 6.54 Å². The number of halogens is 1. The van der Waals surface area contributed by atoms with Gasteiger partial charge in [-0.25, -0.2) is 0 Å². The Morgan fingerprint density at radius 3 is 1.83 bits per heavy atom. The summed E-state index contributed by atoms with van der Waals surface area (Å²) in [6.07, 6.45) is 1.16. The third kappa shape index (κ3) is 2.13. The normalized spacial score (nSPS) is 10.5. The van der Waals surface area contributed by atoms with Gasteiger partial charge < -0.3 is 17.0 Å². The van der Waals surface area contributed by atoms with Crippen LogP contribution in [0, 0.1) is 0 Å². The van der Waals surface area contributed by atoms with Crippen LogP contribution in [0.25, 0.3) is 21.8 Å². The Hall–Kier alpha value is -1.41. The predicted octanol–water partition coefficient (Wildman–Crippen LogP) is 0.694. The molecule has 92 valence electrons. The summed E-state index contributed by atoms with van der Waals surface area (Å²) < 4.78 is 2.42. The lowest BCUT2D eigenvalue weighted by atomic mass is 10.1. The van der Waals surface area contributed by atoms with Crippen LogP contribution in [-0.4, -0.2) is 0 Å². The van der Waals surface area contributed by atoms with Gasteiger partial charge in [0.25, 0.3) is 0 Å². The molecule has 18 heavy (non-hydrogen) atoms. The van der Waals surface area contributed by atoms with Crippen molar-refractivity contribution in [1.29, 1.82) is 0 Å². The number of para-hydroxylation sites is 2. The molecule has 1 nitrogen and oxygen atoms in total. The van der Waals surface area contributed by atoms with Crippen LogP contribution in [0.5, 0.6) is 0 Å². The van der Waals surface area contributed by atoms with Gasteiger partial charge in [0.2, 0.25) is 11.0 Å². The highest BCUT2D eigenvalue weighted by Gasteiger charge is 2.12. The highest BCUT2D eigenvalue weighted by molar-refractivity contribution is 5.88. The lowest BCUT2D eigenvalue weighted by Gasteiger charge is -2.04. The summed E-state index contributed by atoms with van der Waals surface area (Å²) in [5.74, 6) is 0. The molecular weight excluding hydrogens is 286 g/mol. The molecule has 3 aromatic rings. The number of aromatic nitrogens is 1. The van der Waals surface area contributed by atoms with Crippen LogP contribution in [0.15, 0.2) is 54.6 Å². The van der Waals surface area contributed by atoms with E-state index < -0.39 is 0 Å². The van der Waals surface area contributed by atoms with Gasteiger partial charge in [-0.2, -0.15) is 4.57 Å². The molecule has 3 rings (SSSR count). The van der Waals surface area contributed by atoms with E-state index in [1.54, 1.807) is 0 Å². The van der Waals surface area contributed by atoms with E-state index in [-0.39, 0.29) is 17.0 Å². The van der Waals surface area contributed by atoms with E-state index in [1.807, 2.05) is 0 Å². The maximum atomic E-state index is 2.42. The molecule has 1 heterocycles. The first-order valence-corrected chi connectivity index (χ1v) is 6.20. The predicted molar refractivity (Wildman–Crippen MR) is 71.9 cm³/mol. The number of rotatable bonds is 2. The van der Waals surface area contributed by atoms with Gasteiger partial charge in [-0.05, 0) is 18.2 Å². The molecule has 0 aliphatic carbocycles. The van der Waals surface area contributed by atoms with Crippen LogP contribution in [0.2, 0.25) is 0 Å². The van der Waals surface area contributed by atoms with Crippen molar-refractivity contribution >= 4 is 21.8 Å². The van der Waals surface area contributed by atoms with E-state index in [4.69, 9.17) is 0 Å². The molecule has 0 aliphatic heterocycles. The smallest absolute Gasteiger partial charge is 0.212 e. The zero-order valence-corrected chi connectivity index (χ0v) is 12.0. The minimum absolute atomic E-state index is 0. The lowest BCUT2D eigenvalue weighted by molar-refractivity contribution is -0.645. The fourth-order valence-corrected chi connectivity index (χ4v) is 2.47. The minimum atomic E-state index is 0. The first-order chi connectivity index (χ1) is 8.40. The molecule has 0 spiro atoms. The largest absolute Gasteiger partial charge is 1.00 e. The topological polar surface area (TPSA) is 3.88 Å². The third-order valence-electron chi connectivity index (χ3n) is 3.21. The van der Waals surface area contributed by atoms with Crippen LogP contribution >= 0.6 is 0 Å². The first-order valence-electron chi connectivity index (χ1n) is 6.20. The van der Waals surface area contributed by atoms with E-state index in [9.17, 15) is 0 Å². The van der Waals surface area contributed by atoms with E-state index in [2.05, 4.69) is 66.1 Å². The van der Waals surface area contributed by atoms with Crippen molar-refractivity contribution in [3.05, 3.63) is 54.6 Å². The average molecular weight is 302 g/mol. The molecule has 0 unspecified atom stereocenters. The zero-order chi connectivity index (χ0) is 11.7. The SMILES string of the molecule is CCC[n+]1c2ccccc2cc2ccccc21.[Br-]. The number of fused-ring (bicyclic) bond motifs is 2. The van der Waals surface area contributed by atoms with Crippen LogP contribution in [0.4, 0.5) is 0 Å². The highest BCUT2D eigenvalue weighted by Crippen LogP contribution is 2.17. The molecule has 0 fully saturated rings. The van der Waals surface area contributed by atoms with E-state index in [0.717, 1.165) is 13.0 Å². The third-order valence-corrected chi connectivity index (χ3v) is 3.21. The van der Waals surface area contributed by atoms with Gasteiger partial charge in [-0.15, -0.1) is 0 Å². The van der Waals surface area contributed by atoms with Gasteiger partial charge in [0, 0.05) is 29.3 Å². The molecule has 0 amide bonds. The van der Waals surface area contributed by atoms with E-state index >= 15 is 0 Å². The molecule has 0 bridgehead atoms. The van der Waals surface area contributed by atoms with Crippen LogP contribution in [0.1, 0.15) is 13.3 Å². The molecule has 0 saturated carbocycles. The quantitative estimate of drug-likeness (QED) is 0.484. The standard InChI is InChI=1S/C16H16N.BrH/c1-2-11-17-15-9-5-3-7-13(15)12-14-8-4-6-10-16(14)17;/h3-10,12H,2,11H2,1H3;1H/q+1;/p-1. The molecular formula is C16H16BrN. The van der Waals surface area contributed by atoms with Gasteiger partial charge in [-0.1, -0.05) is 31.2 Å². The van der Waals surface area contributed by atoms with Gasteiger partial charge >= 0.3 is 0 Å². The van der Waals surface area contributed by atoms with Crippen molar-refractivity contribution < 1.29 is 21.5 Å². The van der Waals surface area contributed by atoms with Crippen molar-refractivity contribution in [3.63, 3.8) is 0 Å². The lowest BCUT2D eigenvalue weighted by Crippen LogP contribution is -3.00. The molecule has 0 radical (unpaired) electrons. The molecule has 0 aliphatic rings. The van der Waals surface area contributed by atoms with Crippen LogP contribution in [-0.2, 0) is 6.54 Å². The summed E-state index contributed by atoms with van der Waals surface area (Å²) >= 11 is 0. The summed E-state index contributed by atoms with van der Waals surface area (Å²) in [7, 11) is 0. The molecule has 0 atom stereocenters. The Morgan fingerprint density at radius 1 is 0.833 bits per heavy atom. The summed E-state index contributed by atoms with van der Waals surface area (Å²) in [6, 6.07) is 19.5. The minimum Gasteiger partial charge on any atom is -1.00 e. The van der Waals surface area contributed by atoms with Crippen molar-refractivity contribution in [3.8, 4) is 0 Å². The number of hydrogen-bond donors (Lipinski definition) is 0. The van der Waals surface area contributed by atoms with Gasteiger partial charge in [-0.3, -0.25) is 0 Å². The van der Waals surface area contributed by atoms with E-state index in [0.29, 0.717) is 0 Å². The zero-order valence-electron chi connectivity index (χ0n) is 10.4. The Bertz CT molecular complexity index is 622. The van der Waals surface area contributed by atoms with Crippen molar-refractivity contribution in [2.75, 3.05) is 0 Å². The fourth-order valence-electron chi connectivity index (χ4n) is 2.47. The second-order valence-corrected chi connectivity index (χ2v) is 4.41. The van der Waals surface area contributed by atoms with Gasteiger partial charge in [0.05, 0.1) is 0 Å². The molecule has 0 N–H and O–H groups in total. The summed E-state index contributed by atoms with van der Waals surface area (Å²) in [4.78, 5) is 0. The highest BCUT2D eigenvalue weighted by atomic mass is 79.9.